The molecule has 1 aliphatic rings. The van der Waals surface area contributed by atoms with Crippen LogP contribution in [0.2, 0.25) is 0 Å². The number of hydrogen-bond donors (Lipinski definition) is 0. The van der Waals surface area contributed by atoms with E-state index in [1.807, 2.05) is 0 Å². The molecule has 0 fully saturated rings. The molecule has 1 radical (unpaired) electrons. The molecule has 0 N–H and O–H groups in total. The van der Waals surface area contributed by atoms with Gasteiger partial charge in [-0.1, -0.05) is 30.3 Å². The predicted octanol–water partition coefficient (Wildman–Crippen LogP) is 2.59. The Balaban J connectivity index is 2.58. The molecular formula is C11H8N. The first-order valence-electron chi connectivity index (χ1n) is 4.13. The first-order chi connectivity index (χ1) is 5.95. The van der Waals surface area contributed by atoms with E-state index >= 15 is 0 Å². The fourth-order valence-electron chi connectivity index (χ4n) is 1.83. The Morgan fingerprint density at radius 2 is 1.83 bits per heavy atom. The molecule has 1 aliphatic heterocycles. The molecule has 1 heteroatoms. The lowest BCUT2D eigenvalue weighted by atomic mass is 10.1. The molecule has 1 nitrogen and oxygen atoms in total. The summed E-state index contributed by atoms with van der Waals surface area (Å²) in [5.41, 5.74) is 2.52. The second kappa shape index (κ2) is 2.01. The van der Waals surface area contributed by atoms with Crippen LogP contribution in [-0.4, -0.2) is 0 Å². The van der Waals surface area contributed by atoms with E-state index in [1.54, 1.807) is 0 Å². The molecule has 0 spiro atoms. The Hall–Kier alpha value is -1.50. The highest BCUT2D eigenvalue weighted by Gasteiger charge is 2.12. The van der Waals surface area contributed by atoms with Gasteiger partial charge >= 0.3 is 0 Å². The summed E-state index contributed by atoms with van der Waals surface area (Å²) in [7, 11) is 0. The summed E-state index contributed by atoms with van der Waals surface area (Å²) in [4.78, 5) is 0. The Labute approximate surface area is 71.0 Å². The Kier molecular flexibility index (Phi) is 1.01. The molecule has 0 saturated heterocycles. The van der Waals surface area contributed by atoms with E-state index < -0.39 is 0 Å². The van der Waals surface area contributed by atoms with Crippen molar-refractivity contribution in [2.75, 3.05) is 0 Å². The fourth-order valence-corrected chi connectivity index (χ4v) is 1.83. The Morgan fingerprint density at radius 1 is 1.00 bits per heavy atom. The van der Waals surface area contributed by atoms with Crippen LogP contribution in [0.3, 0.4) is 0 Å². The number of hydrogen-bond acceptors (Lipinski definition) is 0. The van der Waals surface area contributed by atoms with Crippen LogP contribution < -0.4 is 5.32 Å². The summed E-state index contributed by atoms with van der Waals surface area (Å²) >= 11 is 0. The molecule has 0 atom stereocenters. The van der Waals surface area contributed by atoms with Crippen molar-refractivity contribution in [1.29, 1.82) is 0 Å². The molecule has 0 aromatic heterocycles. The molecule has 0 aliphatic carbocycles. The maximum Gasteiger partial charge on any atom is 0.0660 e. The normalized spacial score (nSPS) is 13.3. The van der Waals surface area contributed by atoms with E-state index in [0.717, 1.165) is 12.2 Å². The van der Waals surface area contributed by atoms with Crippen LogP contribution in [0.5, 0.6) is 0 Å². The second-order valence-electron chi connectivity index (χ2n) is 3.11. The van der Waals surface area contributed by atoms with Crippen molar-refractivity contribution in [2.45, 2.75) is 6.54 Å². The van der Waals surface area contributed by atoms with Crippen LogP contribution in [0.15, 0.2) is 36.4 Å². The second-order valence-corrected chi connectivity index (χ2v) is 3.11. The van der Waals surface area contributed by atoms with Crippen molar-refractivity contribution < 1.29 is 0 Å². The maximum absolute atomic E-state index is 4.44. The van der Waals surface area contributed by atoms with Gasteiger partial charge in [0.15, 0.2) is 0 Å². The summed E-state index contributed by atoms with van der Waals surface area (Å²) in [6.07, 6.45) is 0. The number of benzene rings is 2. The average Bonchev–Trinajstić information content (AvgIpc) is 2.52. The SMILES string of the molecule is c1cc2c3c(cccc3c1)[N]C2. The third-order valence-corrected chi connectivity index (χ3v) is 2.39. The lowest BCUT2D eigenvalue weighted by Gasteiger charge is -1.97. The van der Waals surface area contributed by atoms with Gasteiger partial charge in [-0.25, -0.2) is 0 Å². The molecule has 57 valence electrons. The van der Waals surface area contributed by atoms with E-state index in [0.29, 0.717) is 0 Å². The molecule has 0 amide bonds. The molecule has 0 bridgehead atoms. The predicted molar refractivity (Wildman–Crippen MR) is 49.4 cm³/mol. The van der Waals surface area contributed by atoms with Crippen molar-refractivity contribution in [1.82, 2.24) is 5.32 Å². The van der Waals surface area contributed by atoms with Crippen LogP contribution in [0.25, 0.3) is 10.8 Å². The third-order valence-electron chi connectivity index (χ3n) is 2.39. The minimum atomic E-state index is 0.858. The van der Waals surface area contributed by atoms with Crippen LogP contribution >= 0.6 is 0 Å². The molecule has 1 heterocycles. The third kappa shape index (κ3) is 0.632. The van der Waals surface area contributed by atoms with Crippen molar-refractivity contribution in [2.24, 2.45) is 0 Å². The highest BCUT2D eigenvalue weighted by molar-refractivity contribution is 5.96. The van der Waals surface area contributed by atoms with Crippen molar-refractivity contribution in [3.8, 4) is 0 Å². The average molecular weight is 154 g/mol. The maximum atomic E-state index is 4.44. The molecule has 3 rings (SSSR count). The largest absolute Gasteiger partial charge is 0.280 e. The van der Waals surface area contributed by atoms with Crippen molar-refractivity contribution in [3.63, 3.8) is 0 Å². The number of nitrogens with zero attached hydrogens (tertiary/aromatic N) is 1. The van der Waals surface area contributed by atoms with Gasteiger partial charge in [0.1, 0.15) is 0 Å². The molecule has 0 unspecified atom stereocenters. The van der Waals surface area contributed by atoms with Gasteiger partial charge in [-0.15, -0.1) is 0 Å². The zero-order chi connectivity index (χ0) is 7.97. The molecule has 2 aromatic rings. The lowest BCUT2D eigenvalue weighted by molar-refractivity contribution is 0.908. The molecular weight excluding hydrogens is 146 g/mol. The zero-order valence-corrected chi connectivity index (χ0v) is 6.62. The van der Waals surface area contributed by atoms with Gasteiger partial charge < -0.3 is 0 Å². The summed E-state index contributed by atoms with van der Waals surface area (Å²) < 4.78 is 0. The van der Waals surface area contributed by atoms with Gasteiger partial charge in [0, 0.05) is 5.39 Å². The van der Waals surface area contributed by atoms with Crippen molar-refractivity contribution in [3.05, 3.63) is 42.0 Å². The summed E-state index contributed by atoms with van der Waals surface area (Å²) in [6.45, 7) is 0.858. The summed E-state index contributed by atoms with van der Waals surface area (Å²) in [5, 5.41) is 7.10. The standard InChI is InChI=1S/C11H8N/c1-3-8-4-2-6-10-11(8)9(5-1)7-12-10/h1-6H,7H2. The van der Waals surface area contributed by atoms with Crippen LogP contribution in [-0.2, 0) is 6.54 Å². The Bertz CT molecular complexity index is 407. The fraction of sp³-hybridized carbons (Fsp3) is 0.0909. The minimum Gasteiger partial charge on any atom is -0.280 e. The van der Waals surface area contributed by atoms with Gasteiger partial charge in [-0.05, 0) is 17.0 Å². The quantitative estimate of drug-likeness (QED) is 0.553. The molecule has 2 aromatic carbocycles. The van der Waals surface area contributed by atoms with E-state index in [4.69, 9.17) is 0 Å². The van der Waals surface area contributed by atoms with Gasteiger partial charge in [0.25, 0.3) is 0 Å². The monoisotopic (exact) mass is 154 g/mol. The molecule has 12 heavy (non-hydrogen) atoms. The van der Waals surface area contributed by atoms with E-state index in [1.165, 1.54) is 16.3 Å². The Morgan fingerprint density at radius 3 is 2.75 bits per heavy atom. The zero-order valence-electron chi connectivity index (χ0n) is 6.62. The smallest absolute Gasteiger partial charge is 0.0660 e. The van der Waals surface area contributed by atoms with Gasteiger partial charge in [-0.3, -0.25) is 5.32 Å². The molecule has 0 saturated carbocycles. The summed E-state index contributed by atoms with van der Waals surface area (Å²) in [6, 6.07) is 12.7. The first kappa shape index (κ1) is 6.06. The van der Waals surface area contributed by atoms with Crippen LogP contribution in [0.1, 0.15) is 5.56 Å². The van der Waals surface area contributed by atoms with E-state index in [9.17, 15) is 0 Å². The minimum absolute atomic E-state index is 0.858. The van der Waals surface area contributed by atoms with Gasteiger partial charge in [0.05, 0.1) is 12.2 Å². The first-order valence-corrected chi connectivity index (χ1v) is 4.13. The van der Waals surface area contributed by atoms with Gasteiger partial charge in [0.2, 0.25) is 0 Å². The van der Waals surface area contributed by atoms with Crippen molar-refractivity contribution >= 4 is 16.5 Å². The summed E-state index contributed by atoms with van der Waals surface area (Å²) in [5.74, 6) is 0. The van der Waals surface area contributed by atoms with Gasteiger partial charge in [-0.2, -0.15) is 0 Å². The lowest BCUT2D eigenvalue weighted by Crippen LogP contribution is -1.86. The van der Waals surface area contributed by atoms with Crippen LogP contribution in [0, 0.1) is 0 Å². The van der Waals surface area contributed by atoms with E-state index in [-0.39, 0.29) is 0 Å². The van der Waals surface area contributed by atoms with E-state index in [2.05, 4.69) is 41.7 Å². The number of rotatable bonds is 0. The topological polar surface area (TPSA) is 14.1 Å². The van der Waals surface area contributed by atoms with Crippen LogP contribution in [0.4, 0.5) is 5.69 Å². The highest BCUT2D eigenvalue weighted by Crippen LogP contribution is 2.32. The highest BCUT2D eigenvalue weighted by atomic mass is 14.9.